The molecule has 0 amide bonds. The van der Waals surface area contributed by atoms with Crippen LogP contribution in [0.25, 0.3) is 0 Å². The van der Waals surface area contributed by atoms with Crippen LogP contribution in [0.5, 0.6) is 0 Å². The molecule has 0 aliphatic rings. The first-order valence-corrected chi connectivity index (χ1v) is 3.20. The van der Waals surface area contributed by atoms with E-state index in [0.29, 0.717) is 11.8 Å². The molecule has 2 heteroatoms. The zero-order chi connectivity index (χ0) is 7.28. The van der Waals surface area contributed by atoms with Crippen molar-refractivity contribution in [2.45, 2.75) is 20.8 Å². The zero-order valence-electron chi connectivity index (χ0n) is 6.26. The zero-order valence-corrected chi connectivity index (χ0v) is 6.26. The van der Waals surface area contributed by atoms with Crippen LogP contribution in [0.1, 0.15) is 20.8 Å². The van der Waals surface area contributed by atoms with Crippen molar-refractivity contribution in [1.82, 2.24) is 0 Å². The second-order valence-electron chi connectivity index (χ2n) is 2.53. The van der Waals surface area contributed by atoms with Crippen molar-refractivity contribution in [3.05, 3.63) is 0 Å². The molecule has 1 unspecified atom stereocenters. The molecule has 1 atom stereocenters. The molecule has 2 nitrogen and oxygen atoms in total. The average molecular weight is 126 g/mol. The Balaban J connectivity index is 3.61. The maximum Gasteiger partial charge on any atom is 0.106 e. The molecule has 0 spiro atoms. The molecule has 0 aliphatic carbocycles. The van der Waals surface area contributed by atoms with E-state index in [1.165, 1.54) is 0 Å². The summed E-state index contributed by atoms with van der Waals surface area (Å²) in [5.41, 5.74) is 0. The van der Waals surface area contributed by atoms with Crippen LogP contribution in [0, 0.1) is 17.2 Å². The Morgan fingerprint density at radius 3 is 2.22 bits per heavy atom. The molecule has 0 fully saturated rings. The standard InChI is InChI=1S/C7H14N2/c1-6(2)7(3)4-9-5-8/h4-8H,1-3H3. The fourth-order valence-electron chi connectivity index (χ4n) is 0.351. The summed E-state index contributed by atoms with van der Waals surface area (Å²) in [4.78, 5) is 3.71. The summed E-state index contributed by atoms with van der Waals surface area (Å²) in [6, 6.07) is 0. The third-order valence-corrected chi connectivity index (χ3v) is 1.45. The van der Waals surface area contributed by atoms with Crippen molar-refractivity contribution < 1.29 is 0 Å². The lowest BCUT2D eigenvalue weighted by atomic mass is 10.00. The summed E-state index contributed by atoms with van der Waals surface area (Å²) >= 11 is 0. The molecule has 0 aliphatic heterocycles. The van der Waals surface area contributed by atoms with Crippen LogP contribution in [0.2, 0.25) is 0 Å². The highest BCUT2D eigenvalue weighted by atomic mass is 14.7. The highest BCUT2D eigenvalue weighted by Crippen LogP contribution is 2.05. The van der Waals surface area contributed by atoms with Gasteiger partial charge in [0.05, 0.1) is 0 Å². The molecule has 0 saturated carbocycles. The van der Waals surface area contributed by atoms with Crippen molar-refractivity contribution in [3.63, 3.8) is 0 Å². The minimum atomic E-state index is 0.478. The van der Waals surface area contributed by atoms with Crippen molar-refractivity contribution in [3.8, 4) is 0 Å². The summed E-state index contributed by atoms with van der Waals surface area (Å²) in [6.45, 7) is 6.37. The Kier molecular flexibility index (Phi) is 3.93. The van der Waals surface area contributed by atoms with E-state index in [2.05, 4.69) is 25.8 Å². The first-order chi connectivity index (χ1) is 4.18. The van der Waals surface area contributed by atoms with Crippen LogP contribution in [-0.2, 0) is 0 Å². The predicted molar refractivity (Wildman–Crippen MR) is 41.3 cm³/mol. The summed E-state index contributed by atoms with van der Waals surface area (Å²) in [5, 5.41) is 6.61. The van der Waals surface area contributed by atoms with Gasteiger partial charge in [0.2, 0.25) is 0 Å². The van der Waals surface area contributed by atoms with Crippen molar-refractivity contribution >= 4 is 12.6 Å². The van der Waals surface area contributed by atoms with E-state index >= 15 is 0 Å². The molecule has 0 rings (SSSR count). The third kappa shape index (κ3) is 3.88. The van der Waals surface area contributed by atoms with Gasteiger partial charge in [-0.05, 0) is 11.8 Å². The van der Waals surface area contributed by atoms with E-state index in [0.717, 1.165) is 6.34 Å². The number of nitrogens with zero attached hydrogens (tertiary/aromatic N) is 1. The Bertz CT molecular complexity index is 105. The maximum absolute atomic E-state index is 6.61. The van der Waals surface area contributed by atoms with E-state index in [9.17, 15) is 0 Å². The van der Waals surface area contributed by atoms with Crippen LogP contribution >= 0.6 is 0 Å². The average Bonchev–Trinajstić information content (AvgIpc) is 1.82. The SMILES string of the molecule is CC(C)C(C)C=NC=N. The molecule has 0 heterocycles. The molecule has 1 N–H and O–H groups in total. The Hall–Kier alpha value is -0.660. The Morgan fingerprint density at radius 2 is 1.89 bits per heavy atom. The van der Waals surface area contributed by atoms with Crippen LogP contribution in [0.15, 0.2) is 4.99 Å². The predicted octanol–water partition coefficient (Wildman–Crippen LogP) is 1.96. The van der Waals surface area contributed by atoms with Crippen LogP contribution in [-0.4, -0.2) is 12.6 Å². The van der Waals surface area contributed by atoms with E-state index < -0.39 is 0 Å². The summed E-state index contributed by atoms with van der Waals surface area (Å²) in [7, 11) is 0. The van der Waals surface area contributed by atoms with Crippen molar-refractivity contribution in [2.75, 3.05) is 0 Å². The number of aliphatic imine (C=N–C) groups is 1. The molecule has 52 valence electrons. The molecule has 0 bridgehead atoms. The van der Waals surface area contributed by atoms with Gasteiger partial charge in [-0.1, -0.05) is 20.8 Å². The lowest BCUT2D eigenvalue weighted by Gasteiger charge is -2.07. The highest BCUT2D eigenvalue weighted by molar-refractivity contribution is 5.72. The topological polar surface area (TPSA) is 36.2 Å². The highest BCUT2D eigenvalue weighted by Gasteiger charge is 2.01. The summed E-state index contributed by atoms with van der Waals surface area (Å²) < 4.78 is 0. The van der Waals surface area contributed by atoms with Gasteiger partial charge in [-0.3, -0.25) is 5.41 Å². The second kappa shape index (κ2) is 4.24. The van der Waals surface area contributed by atoms with Crippen LogP contribution in [0.3, 0.4) is 0 Å². The fourth-order valence-corrected chi connectivity index (χ4v) is 0.351. The molecule has 0 aromatic carbocycles. The molecule has 0 aromatic heterocycles. The summed E-state index contributed by atoms with van der Waals surface area (Å²) in [6.07, 6.45) is 2.87. The second-order valence-corrected chi connectivity index (χ2v) is 2.53. The van der Waals surface area contributed by atoms with E-state index in [1.807, 2.05) is 0 Å². The number of nitrogens with one attached hydrogen (secondary N) is 1. The maximum atomic E-state index is 6.61. The van der Waals surface area contributed by atoms with Crippen molar-refractivity contribution in [2.24, 2.45) is 16.8 Å². The number of rotatable bonds is 3. The molecule has 0 aromatic rings. The minimum absolute atomic E-state index is 0.478. The van der Waals surface area contributed by atoms with Gasteiger partial charge in [-0.15, -0.1) is 0 Å². The van der Waals surface area contributed by atoms with Gasteiger partial charge in [0.25, 0.3) is 0 Å². The number of hydrogen-bond acceptors (Lipinski definition) is 1. The van der Waals surface area contributed by atoms with Gasteiger partial charge < -0.3 is 0 Å². The Labute approximate surface area is 56.5 Å². The van der Waals surface area contributed by atoms with E-state index in [-0.39, 0.29) is 0 Å². The fraction of sp³-hybridized carbons (Fsp3) is 0.714. The lowest BCUT2D eigenvalue weighted by molar-refractivity contribution is 0.541. The molecule has 0 saturated heterocycles. The molecular formula is C7H14N2. The number of hydrogen-bond donors (Lipinski definition) is 1. The minimum Gasteiger partial charge on any atom is -0.290 e. The Morgan fingerprint density at radius 1 is 1.33 bits per heavy atom. The molecule has 9 heavy (non-hydrogen) atoms. The van der Waals surface area contributed by atoms with Gasteiger partial charge in [0, 0.05) is 6.21 Å². The van der Waals surface area contributed by atoms with Gasteiger partial charge in [-0.25, -0.2) is 4.99 Å². The largest absolute Gasteiger partial charge is 0.290 e. The smallest absolute Gasteiger partial charge is 0.106 e. The van der Waals surface area contributed by atoms with Crippen molar-refractivity contribution in [1.29, 1.82) is 5.41 Å². The van der Waals surface area contributed by atoms with E-state index in [1.54, 1.807) is 6.21 Å². The van der Waals surface area contributed by atoms with Crippen LogP contribution in [0.4, 0.5) is 0 Å². The monoisotopic (exact) mass is 126 g/mol. The van der Waals surface area contributed by atoms with Gasteiger partial charge >= 0.3 is 0 Å². The quantitative estimate of drug-likeness (QED) is 0.443. The van der Waals surface area contributed by atoms with Crippen LogP contribution < -0.4 is 0 Å². The van der Waals surface area contributed by atoms with Gasteiger partial charge in [-0.2, -0.15) is 0 Å². The summed E-state index contributed by atoms with van der Waals surface area (Å²) in [5.74, 6) is 1.10. The normalized spacial score (nSPS) is 14.7. The lowest BCUT2D eigenvalue weighted by Crippen LogP contribution is -2.04. The molecular weight excluding hydrogens is 112 g/mol. The molecule has 0 radical (unpaired) electrons. The van der Waals surface area contributed by atoms with Gasteiger partial charge in [0.1, 0.15) is 6.34 Å². The first-order valence-electron chi connectivity index (χ1n) is 3.20. The van der Waals surface area contributed by atoms with E-state index in [4.69, 9.17) is 5.41 Å². The first kappa shape index (κ1) is 8.34. The van der Waals surface area contributed by atoms with Gasteiger partial charge in [0.15, 0.2) is 0 Å². The third-order valence-electron chi connectivity index (χ3n) is 1.45.